The zero-order valence-corrected chi connectivity index (χ0v) is 16.5. The van der Waals surface area contributed by atoms with Gasteiger partial charge in [-0.15, -0.1) is 12.4 Å². The maximum absolute atomic E-state index is 13.0. The molecule has 2 aromatic rings. The molecule has 0 saturated carbocycles. The van der Waals surface area contributed by atoms with Crippen molar-refractivity contribution in [1.29, 1.82) is 0 Å². The van der Waals surface area contributed by atoms with Gasteiger partial charge in [0.25, 0.3) is 0 Å². The normalized spacial score (nSPS) is 26.2. The number of piperidine rings is 1. The summed E-state index contributed by atoms with van der Waals surface area (Å²) in [6.45, 7) is 0. The first-order valence-electron chi connectivity index (χ1n) is 9.38. The maximum Gasteiger partial charge on any atom is 0.338 e. The van der Waals surface area contributed by atoms with Crippen LogP contribution in [-0.4, -0.2) is 42.1 Å². The number of para-hydroxylation sites is 1. The van der Waals surface area contributed by atoms with Crippen LogP contribution in [-0.2, 0) is 9.53 Å². The lowest BCUT2D eigenvalue weighted by Gasteiger charge is -2.40. The molecule has 0 N–H and O–H groups in total. The van der Waals surface area contributed by atoms with Crippen LogP contribution in [0.15, 0.2) is 60.7 Å². The topological polar surface area (TPSA) is 55.8 Å². The van der Waals surface area contributed by atoms with Crippen molar-refractivity contribution < 1.29 is 19.1 Å². The van der Waals surface area contributed by atoms with Crippen molar-refractivity contribution in [1.82, 2.24) is 4.90 Å². The van der Waals surface area contributed by atoms with E-state index in [2.05, 4.69) is 4.90 Å². The van der Waals surface area contributed by atoms with Gasteiger partial charge in [0.2, 0.25) is 0 Å². The van der Waals surface area contributed by atoms with Crippen molar-refractivity contribution >= 4 is 24.3 Å². The molecule has 28 heavy (non-hydrogen) atoms. The third-order valence-corrected chi connectivity index (χ3v) is 5.72. The summed E-state index contributed by atoms with van der Waals surface area (Å²) in [5, 5.41) is 0. The average molecular weight is 402 g/mol. The Morgan fingerprint density at radius 1 is 0.964 bits per heavy atom. The molecule has 4 atom stereocenters. The number of esters is 2. The van der Waals surface area contributed by atoms with Gasteiger partial charge < -0.3 is 9.47 Å². The van der Waals surface area contributed by atoms with Crippen LogP contribution in [0.25, 0.3) is 0 Å². The summed E-state index contributed by atoms with van der Waals surface area (Å²) >= 11 is 0. The summed E-state index contributed by atoms with van der Waals surface area (Å²) in [6, 6.07) is 18.3. The van der Waals surface area contributed by atoms with Crippen molar-refractivity contribution in [3.8, 4) is 5.75 Å². The molecule has 4 rings (SSSR count). The zero-order valence-electron chi connectivity index (χ0n) is 15.7. The number of ether oxygens (including phenoxy) is 2. The van der Waals surface area contributed by atoms with Crippen molar-refractivity contribution in [2.75, 3.05) is 7.05 Å². The van der Waals surface area contributed by atoms with Crippen molar-refractivity contribution in [3.05, 3.63) is 66.2 Å². The predicted molar refractivity (Wildman–Crippen MR) is 108 cm³/mol. The van der Waals surface area contributed by atoms with Crippen LogP contribution in [0.4, 0.5) is 0 Å². The van der Waals surface area contributed by atoms with E-state index in [1.54, 1.807) is 36.4 Å². The van der Waals surface area contributed by atoms with E-state index in [0.29, 0.717) is 23.8 Å². The third-order valence-electron chi connectivity index (χ3n) is 5.72. The second kappa shape index (κ2) is 8.76. The molecule has 148 valence electrons. The van der Waals surface area contributed by atoms with Crippen LogP contribution in [0.3, 0.4) is 0 Å². The fourth-order valence-electron chi connectivity index (χ4n) is 4.30. The number of fused-ring (bicyclic) bond motifs is 2. The van der Waals surface area contributed by atoms with Gasteiger partial charge in [0.05, 0.1) is 5.56 Å². The Hall–Kier alpha value is -2.37. The van der Waals surface area contributed by atoms with Gasteiger partial charge in [-0.25, -0.2) is 4.79 Å². The average Bonchev–Trinajstić information content (AvgIpc) is 2.92. The molecule has 6 heteroatoms. The van der Waals surface area contributed by atoms with E-state index in [-0.39, 0.29) is 30.4 Å². The minimum absolute atomic E-state index is 0. The molecule has 2 aromatic carbocycles. The first kappa shape index (κ1) is 20.4. The molecule has 2 saturated heterocycles. The first-order valence-corrected chi connectivity index (χ1v) is 9.38. The molecule has 2 aliphatic heterocycles. The minimum atomic E-state index is -0.485. The van der Waals surface area contributed by atoms with Crippen LogP contribution in [0.1, 0.15) is 29.6 Å². The van der Waals surface area contributed by atoms with E-state index in [9.17, 15) is 9.59 Å². The Balaban J connectivity index is 0.00000225. The highest BCUT2D eigenvalue weighted by Crippen LogP contribution is 2.40. The second-order valence-corrected chi connectivity index (χ2v) is 7.27. The molecule has 2 fully saturated rings. The summed E-state index contributed by atoms with van der Waals surface area (Å²) in [6.07, 6.45) is 2.10. The molecule has 5 nitrogen and oxygen atoms in total. The summed E-state index contributed by atoms with van der Waals surface area (Å²) in [4.78, 5) is 27.8. The van der Waals surface area contributed by atoms with E-state index in [1.807, 2.05) is 31.3 Å². The van der Waals surface area contributed by atoms with Crippen LogP contribution in [0.2, 0.25) is 0 Å². The number of halogens is 1. The highest BCUT2D eigenvalue weighted by molar-refractivity contribution is 5.89. The Bertz CT molecular complexity index is 814. The van der Waals surface area contributed by atoms with Crippen LogP contribution >= 0.6 is 12.4 Å². The Morgan fingerprint density at radius 3 is 2.29 bits per heavy atom. The molecule has 0 radical (unpaired) electrons. The van der Waals surface area contributed by atoms with Crippen molar-refractivity contribution in [2.24, 2.45) is 5.92 Å². The fraction of sp³-hybridized carbons (Fsp3) is 0.364. The molecule has 0 aromatic heterocycles. The van der Waals surface area contributed by atoms with Gasteiger partial charge in [-0.1, -0.05) is 36.4 Å². The lowest BCUT2D eigenvalue weighted by molar-refractivity contribution is -0.149. The van der Waals surface area contributed by atoms with Gasteiger partial charge in [-0.3, -0.25) is 9.69 Å². The summed E-state index contributed by atoms with van der Waals surface area (Å²) in [5.74, 6) is -0.689. The SMILES string of the molecule is CN1C2CC[C@@H]1C[C@H](OC(=O)c1ccccc1)C2C(=O)Oc1ccccc1.Cl. The molecule has 2 unspecified atom stereocenters. The standard InChI is InChI=1S/C22H23NO4.ClH/c1-23-16-12-13-18(23)20(22(25)26-17-10-6-3-7-11-17)19(14-16)27-21(24)15-8-4-2-5-9-15;/h2-11,16,18-20H,12-14H2,1H3;1H/t16-,18?,19+,20?;/m1./s1. The highest BCUT2D eigenvalue weighted by Gasteiger charge is 2.51. The van der Waals surface area contributed by atoms with Crippen LogP contribution in [0, 0.1) is 5.92 Å². The maximum atomic E-state index is 13.0. The van der Waals surface area contributed by atoms with E-state index in [1.165, 1.54) is 0 Å². The number of carbonyl (C=O) groups is 2. The number of hydrogen-bond acceptors (Lipinski definition) is 5. The van der Waals surface area contributed by atoms with Crippen LogP contribution in [0.5, 0.6) is 5.75 Å². The molecule has 2 aliphatic rings. The summed E-state index contributed by atoms with van der Waals surface area (Å²) in [7, 11) is 2.04. The van der Waals surface area contributed by atoms with Crippen molar-refractivity contribution in [2.45, 2.75) is 37.5 Å². The number of carbonyl (C=O) groups excluding carboxylic acids is 2. The molecular formula is C22H24ClNO4. The molecule has 0 amide bonds. The molecular weight excluding hydrogens is 378 g/mol. The smallest absolute Gasteiger partial charge is 0.338 e. The van der Waals surface area contributed by atoms with E-state index in [0.717, 1.165) is 12.8 Å². The Kier molecular flexibility index (Phi) is 6.37. The van der Waals surface area contributed by atoms with Crippen molar-refractivity contribution in [3.63, 3.8) is 0 Å². The lowest BCUT2D eigenvalue weighted by atomic mass is 9.87. The molecule has 2 heterocycles. The first-order chi connectivity index (χ1) is 13.1. The predicted octanol–water partition coefficient (Wildman–Crippen LogP) is 3.72. The van der Waals surface area contributed by atoms with Gasteiger partial charge >= 0.3 is 11.9 Å². The number of nitrogens with zero attached hydrogens (tertiary/aromatic N) is 1. The van der Waals surface area contributed by atoms with Gasteiger partial charge in [0.1, 0.15) is 17.8 Å². The Morgan fingerprint density at radius 2 is 1.61 bits per heavy atom. The van der Waals surface area contributed by atoms with Crippen LogP contribution < -0.4 is 4.74 Å². The van der Waals surface area contributed by atoms with E-state index < -0.39 is 12.0 Å². The highest BCUT2D eigenvalue weighted by atomic mass is 35.5. The number of rotatable bonds is 4. The van der Waals surface area contributed by atoms with Gasteiger partial charge in [0, 0.05) is 18.5 Å². The summed E-state index contributed by atoms with van der Waals surface area (Å²) < 4.78 is 11.4. The number of hydrogen-bond donors (Lipinski definition) is 0. The minimum Gasteiger partial charge on any atom is -0.458 e. The van der Waals surface area contributed by atoms with E-state index in [4.69, 9.17) is 9.47 Å². The second-order valence-electron chi connectivity index (χ2n) is 7.27. The number of benzene rings is 2. The third kappa shape index (κ3) is 4.05. The van der Waals surface area contributed by atoms with E-state index >= 15 is 0 Å². The molecule has 0 spiro atoms. The molecule has 2 bridgehead atoms. The lowest BCUT2D eigenvalue weighted by Crippen LogP contribution is -2.54. The van der Waals surface area contributed by atoms with Gasteiger partial charge in [-0.2, -0.15) is 0 Å². The largest absolute Gasteiger partial charge is 0.458 e. The van der Waals surface area contributed by atoms with Gasteiger partial charge in [-0.05, 0) is 44.2 Å². The Labute approximate surface area is 171 Å². The summed E-state index contributed by atoms with van der Waals surface area (Å²) in [5.41, 5.74) is 0.499. The molecule has 0 aliphatic carbocycles. The van der Waals surface area contributed by atoms with Gasteiger partial charge in [0.15, 0.2) is 0 Å². The monoisotopic (exact) mass is 401 g/mol. The quantitative estimate of drug-likeness (QED) is 0.577. The fourth-order valence-corrected chi connectivity index (χ4v) is 4.30. The zero-order chi connectivity index (χ0) is 18.8.